The second-order valence-electron chi connectivity index (χ2n) is 3.70. The number of Topliss-reactive ketones (excluding diaryl/α,β-unsaturated/α-hetero) is 1. The normalized spacial score (nSPS) is 12.0. The van der Waals surface area contributed by atoms with Gasteiger partial charge in [-0.05, 0) is 13.3 Å². The molecule has 1 heterocycles. The Morgan fingerprint density at radius 3 is 2.65 bits per heavy atom. The Labute approximate surface area is 104 Å². The predicted molar refractivity (Wildman–Crippen MR) is 66.8 cm³/mol. The minimum atomic E-state index is -0.580. The van der Waals surface area contributed by atoms with Crippen molar-refractivity contribution < 1.29 is 14.3 Å². The molecular weight excluding hydrogens is 240 g/mol. The molecule has 0 bridgehead atoms. The minimum absolute atomic E-state index is 0.0933. The highest BCUT2D eigenvalue weighted by Crippen LogP contribution is 2.25. The summed E-state index contributed by atoms with van der Waals surface area (Å²) in [7, 11) is 1.27. The van der Waals surface area contributed by atoms with Crippen LogP contribution in [0.15, 0.2) is 0 Å². The molecule has 94 valence electrons. The summed E-state index contributed by atoms with van der Waals surface area (Å²) in [5, 5.41) is 3.71. The summed E-state index contributed by atoms with van der Waals surface area (Å²) in [5.74, 6) is -0.760. The third-order valence-electron chi connectivity index (χ3n) is 2.31. The Bertz CT molecular complexity index is 428. The number of carbonyl (C=O) groups is 2. The van der Waals surface area contributed by atoms with E-state index in [0.29, 0.717) is 10.0 Å². The highest BCUT2D eigenvalue weighted by atomic mass is 32.1. The van der Waals surface area contributed by atoms with E-state index in [0.717, 1.165) is 6.42 Å². The summed E-state index contributed by atoms with van der Waals surface area (Å²) in [5.41, 5.74) is 0.0933. The Hall–Kier alpha value is -1.43. The van der Waals surface area contributed by atoms with Gasteiger partial charge in [-0.2, -0.15) is 0 Å². The van der Waals surface area contributed by atoms with Crippen LogP contribution in [0, 0.1) is 0 Å². The molecule has 0 radical (unpaired) electrons. The molecule has 0 saturated carbocycles. The molecular formula is C11H16N2O3S. The van der Waals surface area contributed by atoms with Crippen LogP contribution in [-0.2, 0) is 4.74 Å². The molecule has 0 spiro atoms. The lowest BCUT2D eigenvalue weighted by atomic mass is 10.3. The van der Waals surface area contributed by atoms with Gasteiger partial charge in [0.15, 0.2) is 16.6 Å². The Morgan fingerprint density at radius 2 is 2.18 bits per heavy atom. The number of methoxy groups -OCH3 is 1. The summed E-state index contributed by atoms with van der Waals surface area (Å²) >= 11 is 1.18. The summed E-state index contributed by atoms with van der Waals surface area (Å²) in [6, 6.07) is 0.242. The van der Waals surface area contributed by atoms with Crippen LogP contribution in [0.3, 0.4) is 0 Å². The van der Waals surface area contributed by atoms with E-state index in [1.54, 1.807) is 0 Å². The molecule has 17 heavy (non-hydrogen) atoms. The minimum Gasteiger partial charge on any atom is -0.464 e. The summed E-state index contributed by atoms with van der Waals surface area (Å²) in [6.07, 6.45) is 0.933. The Kier molecular flexibility index (Phi) is 4.62. The maximum atomic E-state index is 11.4. The predicted octanol–water partition coefficient (Wildman–Crippen LogP) is 2.34. The molecule has 0 saturated heterocycles. The van der Waals surface area contributed by atoms with Gasteiger partial charge in [-0.1, -0.05) is 18.3 Å². The maximum Gasteiger partial charge on any atom is 0.358 e. The largest absolute Gasteiger partial charge is 0.464 e. The number of hydrogen-bond acceptors (Lipinski definition) is 6. The highest BCUT2D eigenvalue weighted by Gasteiger charge is 2.22. The first-order valence-corrected chi connectivity index (χ1v) is 6.17. The molecule has 6 heteroatoms. The van der Waals surface area contributed by atoms with E-state index in [1.807, 2.05) is 13.8 Å². The Balaban J connectivity index is 3.04. The molecule has 0 amide bonds. The van der Waals surface area contributed by atoms with Gasteiger partial charge in [0.05, 0.1) is 7.11 Å². The molecule has 1 N–H and O–H groups in total. The van der Waals surface area contributed by atoms with E-state index in [1.165, 1.54) is 25.4 Å². The molecule has 1 unspecified atom stereocenters. The number of ketones is 1. The molecule has 1 aromatic rings. The van der Waals surface area contributed by atoms with Gasteiger partial charge in [-0.3, -0.25) is 4.79 Å². The van der Waals surface area contributed by atoms with Crippen molar-refractivity contribution in [3.05, 3.63) is 10.6 Å². The maximum absolute atomic E-state index is 11.4. The zero-order valence-corrected chi connectivity index (χ0v) is 11.2. The van der Waals surface area contributed by atoms with Crippen molar-refractivity contribution in [1.29, 1.82) is 0 Å². The van der Waals surface area contributed by atoms with Crippen LogP contribution in [0.4, 0.5) is 5.13 Å². The number of carbonyl (C=O) groups excluding carboxylic acids is 2. The number of rotatable bonds is 5. The number of thiazole rings is 1. The first-order chi connectivity index (χ1) is 7.99. The highest BCUT2D eigenvalue weighted by molar-refractivity contribution is 7.17. The average molecular weight is 256 g/mol. The van der Waals surface area contributed by atoms with Crippen LogP contribution in [-0.4, -0.2) is 29.9 Å². The van der Waals surface area contributed by atoms with Crippen molar-refractivity contribution in [3.63, 3.8) is 0 Å². The number of nitrogens with one attached hydrogen (secondary N) is 1. The number of anilines is 1. The molecule has 0 aliphatic carbocycles. The van der Waals surface area contributed by atoms with E-state index >= 15 is 0 Å². The van der Waals surface area contributed by atoms with E-state index in [2.05, 4.69) is 15.0 Å². The fraction of sp³-hybridized carbons (Fsp3) is 0.545. The summed E-state index contributed by atoms with van der Waals surface area (Å²) in [4.78, 5) is 27.3. The van der Waals surface area contributed by atoms with Gasteiger partial charge < -0.3 is 10.1 Å². The second-order valence-corrected chi connectivity index (χ2v) is 4.70. The van der Waals surface area contributed by atoms with Crippen molar-refractivity contribution in [1.82, 2.24) is 4.98 Å². The van der Waals surface area contributed by atoms with Crippen molar-refractivity contribution >= 4 is 28.2 Å². The topological polar surface area (TPSA) is 68.3 Å². The zero-order valence-electron chi connectivity index (χ0n) is 10.4. The van der Waals surface area contributed by atoms with Gasteiger partial charge in [0.2, 0.25) is 0 Å². The number of esters is 1. The molecule has 1 aromatic heterocycles. The van der Waals surface area contributed by atoms with Crippen molar-refractivity contribution in [3.8, 4) is 0 Å². The molecule has 5 nitrogen and oxygen atoms in total. The molecule has 0 aromatic carbocycles. The first-order valence-electron chi connectivity index (χ1n) is 5.36. The molecule has 1 atom stereocenters. The standard InChI is InChI=1S/C11H16N2O3S/c1-5-6(2)12-11-13-8(10(15)16-4)9(17-11)7(3)14/h6H,5H2,1-4H3,(H,12,13). The smallest absolute Gasteiger partial charge is 0.358 e. The van der Waals surface area contributed by atoms with E-state index in [4.69, 9.17) is 0 Å². The van der Waals surface area contributed by atoms with E-state index < -0.39 is 5.97 Å². The molecule has 0 aliphatic heterocycles. The number of nitrogens with zero attached hydrogens (tertiary/aromatic N) is 1. The third kappa shape index (κ3) is 3.26. The van der Waals surface area contributed by atoms with Crippen molar-refractivity contribution in [2.75, 3.05) is 12.4 Å². The molecule has 1 rings (SSSR count). The van der Waals surface area contributed by atoms with Crippen LogP contribution in [0.25, 0.3) is 0 Å². The second kappa shape index (κ2) is 5.77. The lowest BCUT2D eigenvalue weighted by Crippen LogP contribution is -2.13. The summed E-state index contributed by atoms with van der Waals surface area (Å²) < 4.78 is 4.60. The fourth-order valence-electron chi connectivity index (χ4n) is 1.17. The first kappa shape index (κ1) is 13.6. The average Bonchev–Trinajstić information content (AvgIpc) is 2.71. The van der Waals surface area contributed by atoms with Crippen LogP contribution in [0.1, 0.15) is 47.4 Å². The van der Waals surface area contributed by atoms with Crippen LogP contribution in [0.5, 0.6) is 0 Å². The lowest BCUT2D eigenvalue weighted by Gasteiger charge is -2.08. The van der Waals surface area contributed by atoms with Crippen LogP contribution >= 0.6 is 11.3 Å². The SMILES string of the molecule is CCC(C)Nc1nc(C(=O)OC)c(C(C)=O)s1. The van der Waals surface area contributed by atoms with Crippen LogP contribution in [0.2, 0.25) is 0 Å². The molecule has 0 fully saturated rings. The van der Waals surface area contributed by atoms with Gasteiger partial charge in [0, 0.05) is 13.0 Å². The van der Waals surface area contributed by atoms with Crippen LogP contribution < -0.4 is 5.32 Å². The fourth-order valence-corrected chi connectivity index (χ4v) is 2.13. The van der Waals surface area contributed by atoms with Gasteiger partial charge in [-0.25, -0.2) is 9.78 Å². The number of hydrogen-bond donors (Lipinski definition) is 1. The third-order valence-corrected chi connectivity index (χ3v) is 3.40. The van der Waals surface area contributed by atoms with Crippen molar-refractivity contribution in [2.45, 2.75) is 33.2 Å². The lowest BCUT2D eigenvalue weighted by molar-refractivity contribution is 0.0591. The Morgan fingerprint density at radius 1 is 1.53 bits per heavy atom. The quantitative estimate of drug-likeness (QED) is 0.647. The van der Waals surface area contributed by atoms with Gasteiger partial charge in [0.25, 0.3) is 0 Å². The number of aromatic nitrogens is 1. The zero-order chi connectivity index (χ0) is 13.0. The van der Waals surface area contributed by atoms with E-state index in [-0.39, 0.29) is 17.5 Å². The monoisotopic (exact) mass is 256 g/mol. The van der Waals surface area contributed by atoms with Gasteiger partial charge >= 0.3 is 5.97 Å². The van der Waals surface area contributed by atoms with E-state index in [9.17, 15) is 9.59 Å². The van der Waals surface area contributed by atoms with Crippen molar-refractivity contribution in [2.24, 2.45) is 0 Å². The van der Waals surface area contributed by atoms with Gasteiger partial charge in [0.1, 0.15) is 4.88 Å². The molecule has 0 aliphatic rings. The number of ether oxygens (including phenoxy) is 1. The van der Waals surface area contributed by atoms with Gasteiger partial charge in [-0.15, -0.1) is 0 Å². The summed E-state index contributed by atoms with van der Waals surface area (Å²) in [6.45, 7) is 5.46.